The number of thioether (sulfide) groups is 1. The fourth-order valence-electron chi connectivity index (χ4n) is 1.74. The van der Waals surface area contributed by atoms with Gasteiger partial charge in [0.25, 0.3) is 5.91 Å². The molecule has 1 atom stereocenters. The number of halogens is 1. The molecular formula is C14H21FN2OS. The predicted molar refractivity (Wildman–Crippen MR) is 80.5 cm³/mol. The number of nitrogens with one attached hydrogen (secondary N) is 2. The first-order valence-corrected chi connectivity index (χ1v) is 7.81. The van der Waals surface area contributed by atoms with Crippen LogP contribution in [0, 0.1) is 5.82 Å². The number of rotatable bonds is 7. The Kier molecular flexibility index (Phi) is 6.70. The molecule has 0 heterocycles. The molecule has 0 bridgehead atoms. The van der Waals surface area contributed by atoms with Gasteiger partial charge in [0, 0.05) is 12.6 Å². The van der Waals surface area contributed by atoms with Crippen LogP contribution >= 0.6 is 11.8 Å². The molecule has 2 N–H and O–H groups in total. The summed E-state index contributed by atoms with van der Waals surface area (Å²) in [4.78, 5) is 12.1. The summed E-state index contributed by atoms with van der Waals surface area (Å²) in [5.41, 5.74) is 0.636. The molecule has 1 amide bonds. The predicted octanol–water partition coefficient (Wildman–Crippen LogP) is 3.13. The first-order chi connectivity index (χ1) is 9.10. The Bertz CT molecular complexity index is 426. The second kappa shape index (κ2) is 8.04. The lowest BCUT2D eigenvalue weighted by atomic mass is 10.1. The second-order valence-electron chi connectivity index (χ2n) is 4.35. The van der Waals surface area contributed by atoms with Gasteiger partial charge in [-0.15, -0.1) is 0 Å². The minimum absolute atomic E-state index is 0.0812. The van der Waals surface area contributed by atoms with Gasteiger partial charge in [-0.3, -0.25) is 4.79 Å². The van der Waals surface area contributed by atoms with E-state index >= 15 is 0 Å². The van der Waals surface area contributed by atoms with Gasteiger partial charge >= 0.3 is 0 Å². The first kappa shape index (κ1) is 15.8. The molecule has 1 aromatic carbocycles. The topological polar surface area (TPSA) is 41.1 Å². The van der Waals surface area contributed by atoms with Crippen molar-refractivity contribution in [2.45, 2.75) is 26.3 Å². The van der Waals surface area contributed by atoms with Crippen molar-refractivity contribution in [1.29, 1.82) is 0 Å². The molecule has 0 fully saturated rings. The van der Waals surface area contributed by atoms with Gasteiger partial charge in [-0.1, -0.05) is 6.07 Å². The maximum Gasteiger partial charge on any atom is 0.253 e. The largest absolute Gasteiger partial charge is 0.382 e. The Labute approximate surface area is 118 Å². The Hall–Kier alpha value is -1.23. The quantitative estimate of drug-likeness (QED) is 0.808. The van der Waals surface area contributed by atoms with E-state index in [1.807, 2.05) is 20.1 Å². The van der Waals surface area contributed by atoms with Gasteiger partial charge in [-0.25, -0.2) is 4.39 Å². The van der Waals surface area contributed by atoms with Crippen LogP contribution in [0.2, 0.25) is 0 Å². The van der Waals surface area contributed by atoms with Crippen molar-refractivity contribution in [3.8, 4) is 0 Å². The van der Waals surface area contributed by atoms with E-state index in [2.05, 4.69) is 10.6 Å². The number of amides is 1. The molecule has 0 saturated carbocycles. The number of anilines is 1. The van der Waals surface area contributed by atoms with Gasteiger partial charge in [0.15, 0.2) is 0 Å². The van der Waals surface area contributed by atoms with E-state index in [1.165, 1.54) is 6.07 Å². The van der Waals surface area contributed by atoms with Crippen molar-refractivity contribution in [1.82, 2.24) is 5.32 Å². The van der Waals surface area contributed by atoms with E-state index in [4.69, 9.17) is 0 Å². The number of hydrogen-bond donors (Lipinski definition) is 2. The van der Waals surface area contributed by atoms with E-state index in [0.29, 0.717) is 12.1 Å². The van der Waals surface area contributed by atoms with Crippen LogP contribution in [0.3, 0.4) is 0 Å². The van der Waals surface area contributed by atoms with Gasteiger partial charge in [0.1, 0.15) is 5.82 Å². The molecule has 0 saturated heterocycles. The summed E-state index contributed by atoms with van der Waals surface area (Å²) in [6.07, 6.45) is 2.93. The molecule has 0 aliphatic heterocycles. The third kappa shape index (κ3) is 4.74. The standard InChI is InChI=1S/C14H21FN2OS/c1-4-16-13-11(6-5-7-12(13)15)14(18)17-10(2)8-9-19-3/h5-7,10,16H,4,8-9H2,1-3H3,(H,17,18). The molecule has 0 aromatic heterocycles. The van der Waals surface area contributed by atoms with Crippen LogP contribution in [0.1, 0.15) is 30.6 Å². The first-order valence-electron chi connectivity index (χ1n) is 6.42. The van der Waals surface area contributed by atoms with Crippen LogP contribution in [0.4, 0.5) is 10.1 Å². The molecule has 1 unspecified atom stereocenters. The van der Waals surface area contributed by atoms with Crippen LogP contribution < -0.4 is 10.6 Å². The van der Waals surface area contributed by atoms with Crippen LogP contribution in [-0.2, 0) is 0 Å². The highest BCUT2D eigenvalue weighted by Gasteiger charge is 2.16. The van der Waals surface area contributed by atoms with Crippen molar-refractivity contribution in [2.75, 3.05) is 23.9 Å². The molecule has 0 aliphatic carbocycles. The normalized spacial score (nSPS) is 12.0. The van der Waals surface area contributed by atoms with E-state index in [0.717, 1.165) is 12.2 Å². The van der Waals surface area contributed by atoms with Crippen molar-refractivity contribution in [2.24, 2.45) is 0 Å². The number of benzene rings is 1. The minimum atomic E-state index is -0.397. The lowest BCUT2D eigenvalue weighted by Gasteiger charge is -2.16. The van der Waals surface area contributed by atoms with Crippen LogP contribution in [0.25, 0.3) is 0 Å². The van der Waals surface area contributed by atoms with E-state index in [9.17, 15) is 9.18 Å². The highest BCUT2D eigenvalue weighted by atomic mass is 32.2. The van der Waals surface area contributed by atoms with E-state index in [1.54, 1.807) is 23.9 Å². The number of carbonyl (C=O) groups excluding carboxylic acids is 1. The third-order valence-corrected chi connectivity index (χ3v) is 3.39. The smallest absolute Gasteiger partial charge is 0.253 e. The van der Waals surface area contributed by atoms with Crippen LogP contribution in [-0.4, -0.2) is 30.5 Å². The van der Waals surface area contributed by atoms with Crippen molar-refractivity contribution in [3.63, 3.8) is 0 Å². The van der Waals surface area contributed by atoms with Gasteiger partial charge in [-0.05, 0) is 44.4 Å². The van der Waals surface area contributed by atoms with E-state index in [-0.39, 0.29) is 17.6 Å². The summed E-state index contributed by atoms with van der Waals surface area (Å²) in [7, 11) is 0. The van der Waals surface area contributed by atoms with Crippen LogP contribution in [0.5, 0.6) is 0 Å². The Balaban J connectivity index is 2.78. The van der Waals surface area contributed by atoms with Crippen molar-refractivity contribution < 1.29 is 9.18 Å². The lowest BCUT2D eigenvalue weighted by Crippen LogP contribution is -2.33. The Morgan fingerprint density at radius 3 is 2.84 bits per heavy atom. The zero-order chi connectivity index (χ0) is 14.3. The molecule has 0 aliphatic rings. The monoisotopic (exact) mass is 284 g/mol. The molecule has 3 nitrogen and oxygen atoms in total. The van der Waals surface area contributed by atoms with Gasteiger partial charge in [0.2, 0.25) is 0 Å². The zero-order valence-electron chi connectivity index (χ0n) is 11.6. The third-order valence-electron chi connectivity index (χ3n) is 2.74. The molecule has 106 valence electrons. The number of para-hydroxylation sites is 1. The summed E-state index contributed by atoms with van der Waals surface area (Å²) in [6.45, 7) is 4.40. The van der Waals surface area contributed by atoms with Gasteiger partial charge in [0.05, 0.1) is 11.3 Å². The summed E-state index contributed by atoms with van der Waals surface area (Å²) >= 11 is 1.74. The van der Waals surface area contributed by atoms with Gasteiger partial charge in [-0.2, -0.15) is 11.8 Å². The maximum absolute atomic E-state index is 13.7. The molecule has 0 spiro atoms. The molecule has 1 rings (SSSR count). The second-order valence-corrected chi connectivity index (χ2v) is 5.33. The summed E-state index contributed by atoms with van der Waals surface area (Å²) in [5, 5.41) is 5.80. The fourth-order valence-corrected chi connectivity index (χ4v) is 2.33. The molecule has 0 radical (unpaired) electrons. The fraction of sp³-hybridized carbons (Fsp3) is 0.500. The summed E-state index contributed by atoms with van der Waals surface area (Å²) < 4.78 is 13.7. The highest BCUT2D eigenvalue weighted by Crippen LogP contribution is 2.19. The number of carbonyl (C=O) groups is 1. The minimum Gasteiger partial charge on any atom is -0.382 e. The molecular weight excluding hydrogens is 263 g/mol. The van der Waals surface area contributed by atoms with Gasteiger partial charge < -0.3 is 10.6 Å². The average Bonchev–Trinajstić information content (AvgIpc) is 2.38. The molecule has 19 heavy (non-hydrogen) atoms. The molecule has 5 heteroatoms. The lowest BCUT2D eigenvalue weighted by molar-refractivity contribution is 0.0940. The summed E-state index contributed by atoms with van der Waals surface area (Å²) in [6, 6.07) is 4.62. The maximum atomic E-state index is 13.7. The van der Waals surface area contributed by atoms with Crippen molar-refractivity contribution in [3.05, 3.63) is 29.6 Å². The van der Waals surface area contributed by atoms with Crippen LogP contribution in [0.15, 0.2) is 18.2 Å². The van der Waals surface area contributed by atoms with Crippen molar-refractivity contribution >= 4 is 23.4 Å². The SMILES string of the molecule is CCNc1c(F)cccc1C(=O)NC(C)CCSC. The Morgan fingerprint density at radius 1 is 1.47 bits per heavy atom. The average molecular weight is 284 g/mol. The van der Waals surface area contributed by atoms with E-state index < -0.39 is 5.82 Å². The molecule has 1 aromatic rings. The Morgan fingerprint density at radius 2 is 2.21 bits per heavy atom. The zero-order valence-corrected chi connectivity index (χ0v) is 12.4. The summed E-state index contributed by atoms with van der Waals surface area (Å²) in [5.74, 6) is 0.361. The number of hydrogen-bond acceptors (Lipinski definition) is 3. The highest BCUT2D eigenvalue weighted by molar-refractivity contribution is 7.98.